The number of imidazole rings is 3. The number of nitrogens with two attached hydrogens (primary N) is 3. The Kier molecular flexibility index (Phi) is 20.7. The van der Waals surface area contributed by atoms with Gasteiger partial charge in [0.2, 0.25) is 11.9 Å². The molecule has 9 N–H and O–H groups in total. The number of nitrogens with one attached hydrogen (secondary N) is 3. The van der Waals surface area contributed by atoms with Crippen LogP contribution in [0, 0.1) is 5.53 Å². The van der Waals surface area contributed by atoms with Crippen LogP contribution in [0.2, 0.25) is 0 Å². The van der Waals surface area contributed by atoms with Crippen molar-refractivity contribution in [1.82, 2.24) is 73.8 Å². The van der Waals surface area contributed by atoms with E-state index in [1.54, 1.807) is 15.9 Å². The van der Waals surface area contributed by atoms with E-state index < -0.39 is 23.4 Å². The number of ether oxygens (including phenoxy) is 2. The summed E-state index contributed by atoms with van der Waals surface area (Å²) in [4.78, 5) is 113. The number of hydrogen-bond donors (Lipinski definition) is 6. The van der Waals surface area contributed by atoms with E-state index in [1.807, 2.05) is 60.7 Å². The number of piperidine rings is 3. The van der Waals surface area contributed by atoms with E-state index in [2.05, 4.69) is 56.0 Å². The number of H-pyrrole nitrogens is 1. The van der Waals surface area contributed by atoms with Crippen LogP contribution >= 0.6 is 17.0 Å². The standard InChI is InChI=1S/C18H19N7O4.C14H16N2O3.C10H13N7O2.C4H5N5O.BrH/c19-15(26)14-16-21-22-25(17(27)24(16)11-20-14)13-6-8-23(9-7-13)18(28)29-10-12-4-2-1-3-5-12;17-11-15-13-6-8-16(9-7-13)14(18)19-10-12-4-2-1-3-5-12;11-8(18)7-9-14-15-17(6-1-3-12-4-2-6)10(19)16(9)5-13-7;5-3(10)2-4(9-6)8-1-7-2;/h1-5,11,13H,6-10H2,(H2,19,26);1-5,13H,6-10H2;5-6,12H,1-4H2,(H2,11,18);1,6H,(H2,5,10)(H,7,8);1H. The fraction of sp³-hybridized carbons (Fsp3) is 0.370. The molecule has 3 saturated heterocycles. The Morgan fingerprint density at radius 3 is 1.51 bits per heavy atom. The molecule has 31 nitrogen and oxygen atoms in total. The minimum Gasteiger partial charge on any atom is -0.445 e. The van der Waals surface area contributed by atoms with Crippen molar-refractivity contribution in [2.75, 3.05) is 39.3 Å². The molecule has 78 heavy (non-hydrogen) atoms. The third-order valence-corrected chi connectivity index (χ3v) is 12.3. The summed E-state index contributed by atoms with van der Waals surface area (Å²) in [5.74, 6) is -2.15. The monoisotopic (exact) mass is 1140 g/mol. The maximum atomic E-state index is 12.7. The van der Waals surface area contributed by atoms with Gasteiger partial charge in [0.05, 0.1) is 24.5 Å². The second-order valence-electron chi connectivity index (χ2n) is 17.2. The number of isocyanates is 1. The van der Waals surface area contributed by atoms with Crippen LogP contribution in [0.5, 0.6) is 0 Å². The van der Waals surface area contributed by atoms with Crippen LogP contribution in [0.3, 0.4) is 0 Å². The molecule has 3 fully saturated rings. The summed E-state index contributed by atoms with van der Waals surface area (Å²) in [6, 6.07) is 18.8. The number of benzene rings is 2. The van der Waals surface area contributed by atoms with E-state index in [0.29, 0.717) is 51.9 Å². The first-order valence-electron chi connectivity index (χ1n) is 23.9. The second kappa shape index (κ2) is 27.9. The molecule has 0 radical (unpaired) electrons. The smallest absolute Gasteiger partial charge is 0.410 e. The molecule has 0 bridgehead atoms. The maximum absolute atomic E-state index is 12.7. The van der Waals surface area contributed by atoms with Gasteiger partial charge in [0.25, 0.3) is 17.7 Å². The van der Waals surface area contributed by atoms with Crippen molar-refractivity contribution < 1.29 is 38.2 Å². The highest BCUT2D eigenvalue weighted by Crippen LogP contribution is 2.22. The van der Waals surface area contributed by atoms with E-state index in [4.69, 9.17) is 32.2 Å². The number of amides is 5. The van der Waals surface area contributed by atoms with E-state index in [-0.39, 0.29) is 100 Å². The average molecular weight is 1140 g/mol. The number of fused-ring (bicyclic) bond motifs is 2. The molecule has 8 heterocycles. The zero-order valence-corrected chi connectivity index (χ0v) is 43.3. The highest BCUT2D eigenvalue weighted by atomic mass is 79.9. The van der Waals surface area contributed by atoms with E-state index in [0.717, 1.165) is 41.5 Å². The van der Waals surface area contributed by atoms with E-state index in [9.17, 15) is 38.4 Å². The van der Waals surface area contributed by atoms with Crippen LogP contribution in [0.4, 0.5) is 15.4 Å². The fourth-order valence-corrected chi connectivity index (χ4v) is 8.21. The van der Waals surface area contributed by atoms with Crippen LogP contribution in [0.1, 0.15) is 93.2 Å². The summed E-state index contributed by atoms with van der Waals surface area (Å²) in [5, 5.41) is 21.8. The average Bonchev–Trinajstić information content (AvgIpc) is 4.25. The fourth-order valence-electron chi connectivity index (χ4n) is 8.21. The molecule has 3 aliphatic heterocycles. The van der Waals surface area contributed by atoms with Crippen molar-refractivity contribution >= 4 is 70.1 Å². The summed E-state index contributed by atoms with van der Waals surface area (Å²) < 4.78 is 15.5. The Balaban J connectivity index is 0.000000177. The third-order valence-electron chi connectivity index (χ3n) is 12.3. The molecule has 0 atom stereocenters. The predicted molar refractivity (Wildman–Crippen MR) is 276 cm³/mol. The summed E-state index contributed by atoms with van der Waals surface area (Å²) in [5.41, 5.74) is 22.9. The quantitative estimate of drug-likeness (QED) is 0.0608. The predicted octanol–water partition coefficient (Wildman–Crippen LogP) is 1.54. The van der Waals surface area contributed by atoms with Crippen molar-refractivity contribution in [3.63, 3.8) is 0 Å². The molecule has 5 amide bonds. The number of carbonyl (C=O) groups is 5. The molecule has 3 aliphatic rings. The first-order valence-corrected chi connectivity index (χ1v) is 23.9. The highest BCUT2D eigenvalue weighted by molar-refractivity contribution is 8.93. The number of aromatic amines is 1. The molecule has 0 saturated carbocycles. The largest absolute Gasteiger partial charge is 0.445 e. The van der Waals surface area contributed by atoms with Crippen LogP contribution in [-0.4, -0.2) is 150 Å². The van der Waals surface area contributed by atoms with Gasteiger partial charge in [-0.15, -0.1) is 32.3 Å². The molecular weight excluding hydrogens is 1090 g/mol. The van der Waals surface area contributed by atoms with Gasteiger partial charge in [-0.3, -0.25) is 14.4 Å². The molecule has 10 rings (SSSR count). The van der Waals surface area contributed by atoms with Gasteiger partial charge >= 0.3 is 23.6 Å². The van der Waals surface area contributed by atoms with Gasteiger partial charge < -0.3 is 46.8 Å². The van der Waals surface area contributed by atoms with Gasteiger partial charge in [0.1, 0.15) is 25.9 Å². The van der Waals surface area contributed by atoms with Crippen molar-refractivity contribution in [2.24, 2.45) is 27.3 Å². The summed E-state index contributed by atoms with van der Waals surface area (Å²) >= 11 is 0. The SMILES string of the molecule is Br.N=Nc1nc[nH]c1C(N)=O.NC(=O)c1ncn2c(=O)n(C3CCN(C(=O)OCc4ccccc4)CC3)nnc12.NC(=O)c1ncn2c(=O)n(C3CCNCC3)nnc12.O=C=NC1CCN(C(=O)OCc2ccccc2)CC1. The van der Waals surface area contributed by atoms with Gasteiger partial charge in [-0.25, -0.2) is 58.2 Å². The lowest BCUT2D eigenvalue weighted by Gasteiger charge is -2.31. The second-order valence-corrected chi connectivity index (χ2v) is 17.2. The van der Waals surface area contributed by atoms with Gasteiger partial charge in [0.15, 0.2) is 28.4 Å². The zero-order valence-electron chi connectivity index (χ0n) is 41.6. The molecule has 5 aromatic heterocycles. The topological polar surface area (TPSA) is 425 Å². The molecule has 0 unspecified atom stereocenters. The number of likely N-dealkylation sites (tertiary alicyclic amines) is 2. The molecule has 32 heteroatoms. The number of hydrogen-bond acceptors (Lipinski definition) is 21. The maximum Gasteiger partial charge on any atom is 0.410 e. The Labute approximate surface area is 451 Å². The first-order chi connectivity index (χ1) is 37.3. The lowest BCUT2D eigenvalue weighted by Crippen LogP contribution is -2.42. The van der Waals surface area contributed by atoms with Gasteiger partial charge in [-0.1, -0.05) is 71.1 Å². The zero-order chi connectivity index (χ0) is 54.8. The highest BCUT2D eigenvalue weighted by Gasteiger charge is 2.28. The van der Waals surface area contributed by atoms with Crippen LogP contribution in [0.25, 0.3) is 11.3 Å². The number of rotatable bonds is 11. The summed E-state index contributed by atoms with van der Waals surface area (Å²) in [7, 11) is 0. The van der Waals surface area contributed by atoms with E-state index in [1.165, 1.54) is 32.7 Å². The summed E-state index contributed by atoms with van der Waals surface area (Å²) in [6.45, 7) is 4.19. The van der Waals surface area contributed by atoms with Crippen LogP contribution in [0.15, 0.2) is 99.3 Å². The molecular formula is C46H54BrN21O10. The number of nitrogens with zero attached hydrogens (tertiary/aromatic N) is 15. The number of halogens is 1. The van der Waals surface area contributed by atoms with Crippen molar-refractivity contribution in [1.29, 1.82) is 5.53 Å². The molecule has 0 spiro atoms. The first kappa shape index (κ1) is 57.9. The normalized spacial score (nSPS) is 14.6. The number of aliphatic imine (C=N–C) groups is 1. The minimum absolute atomic E-state index is 0. The van der Waals surface area contributed by atoms with Crippen molar-refractivity contribution in [3.05, 3.63) is 129 Å². The Hall–Kier alpha value is -9.42. The number of primary amides is 3. The van der Waals surface area contributed by atoms with Gasteiger partial charge in [-0.05, 0) is 62.7 Å². The lowest BCUT2D eigenvalue weighted by atomic mass is 10.1. The number of carbonyl (C=O) groups excluding carboxylic acids is 6. The minimum atomic E-state index is -0.777. The summed E-state index contributed by atoms with van der Waals surface area (Å²) in [6.07, 6.45) is 8.66. The van der Waals surface area contributed by atoms with Crippen molar-refractivity contribution in [2.45, 2.75) is 69.9 Å². The van der Waals surface area contributed by atoms with Crippen LogP contribution < -0.4 is 33.9 Å². The molecule has 410 valence electrons. The Morgan fingerprint density at radius 1 is 0.654 bits per heavy atom. The van der Waals surface area contributed by atoms with Crippen LogP contribution in [-0.2, 0) is 27.5 Å². The van der Waals surface area contributed by atoms with Gasteiger partial charge in [0, 0.05) is 26.2 Å². The lowest BCUT2D eigenvalue weighted by molar-refractivity contribution is 0.0811. The number of aromatic nitrogens is 12. The van der Waals surface area contributed by atoms with Crippen molar-refractivity contribution in [3.8, 4) is 0 Å². The van der Waals surface area contributed by atoms with E-state index >= 15 is 0 Å². The molecule has 0 aliphatic carbocycles. The molecule has 7 aromatic rings. The molecule has 2 aromatic carbocycles. The third kappa shape index (κ3) is 14.7. The van der Waals surface area contributed by atoms with Gasteiger partial charge in [-0.2, -0.15) is 9.36 Å². The Bertz CT molecular complexity index is 3360. The Morgan fingerprint density at radius 2 is 1.10 bits per heavy atom.